The van der Waals surface area contributed by atoms with E-state index in [-0.39, 0.29) is 11.4 Å². The Labute approximate surface area is 124 Å². The highest BCUT2D eigenvalue weighted by Gasteiger charge is 2.33. The smallest absolute Gasteiger partial charge is 0.145 e. The van der Waals surface area contributed by atoms with E-state index in [0.717, 1.165) is 11.4 Å². The lowest BCUT2D eigenvalue weighted by atomic mass is 10.0. The summed E-state index contributed by atoms with van der Waals surface area (Å²) in [4.78, 5) is 2.09. The third kappa shape index (κ3) is 2.66. The molecular weight excluding hydrogens is 267 g/mol. The van der Waals surface area contributed by atoms with Crippen molar-refractivity contribution < 1.29 is 9.13 Å². The summed E-state index contributed by atoms with van der Waals surface area (Å²) in [6.45, 7) is 5.17. The van der Waals surface area contributed by atoms with Crippen LogP contribution in [0.5, 0.6) is 5.75 Å². The highest BCUT2D eigenvalue weighted by atomic mass is 19.1. The highest BCUT2D eigenvalue weighted by molar-refractivity contribution is 5.76. The summed E-state index contributed by atoms with van der Waals surface area (Å²) < 4.78 is 19.9. The molecule has 0 saturated heterocycles. The van der Waals surface area contributed by atoms with Crippen LogP contribution in [-0.2, 0) is 6.54 Å². The summed E-state index contributed by atoms with van der Waals surface area (Å²) in [7, 11) is 0. The van der Waals surface area contributed by atoms with Gasteiger partial charge in [0.15, 0.2) is 0 Å². The molecule has 1 heterocycles. The number of para-hydroxylation sites is 1. The first-order chi connectivity index (χ1) is 9.96. The third-order valence-corrected chi connectivity index (χ3v) is 3.62. The van der Waals surface area contributed by atoms with Gasteiger partial charge in [0, 0.05) is 12.1 Å². The number of rotatable bonds is 2. The number of fused-ring (bicyclic) bond motifs is 1. The van der Waals surface area contributed by atoms with Gasteiger partial charge in [0.2, 0.25) is 0 Å². The minimum Gasteiger partial charge on any atom is -0.484 e. The van der Waals surface area contributed by atoms with Gasteiger partial charge in [-0.05, 0) is 32.0 Å². The first-order valence-corrected chi connectivity index (χ1v) is 7.02. The average Bonchev–Trinajstić information content (AvgIpc) is 2.40. The fourth-order valence-corrected chi connectivity index (χ4v) is 2.80. The molecule has 0 unspecified atom stereocenters. The molecule has 0 bridgehead atoms. The van der Waals surface area contributed by atoms with E-state index in [9.17, 15) is 4.39 Å². The molecule has 110 valence electrons. The van der Waals surface area contributed by atoms with Crippen LogP contribution in [0.25, 0.3) is 0 Å². The molecule has 2 N–H and O–H groups in total. The van der Waals surface area contributed by atoms with Gasteiger partial charge in [-0.2, -0.15) is 0 Å². The second-order valence-electron chi connectivity index (χ2n) is 6.00. The Hall–Kier alpha value is -2.23. The van der Waals surface area contributed by atoms with Crippen molar-refractivity contribution in [3.8, 4) is 5.75 Å². The summed E-state index contributed by atoms with van der Waals surface area (Å²) in [6.07, 6.45) is 0. The second-order valence-corrected chi connectivity index (χ2v) is 6.00. The zero-order valence-electron chi connectivity index (χ0n) is 12.3. The molecule has 1 aliphatic heterocycles. The fourth-order valence-electron chi connectivity index (χ4n) is 2.80. The van der Waals surface area contributed by atoms with Gasteiger partial charge >= 0.3 is 0 Å². The van der Waals surface area contributed by atoms with Gasteiger partial charge in [-0.15, -0.1) is 0 Å². The van der Waals surface area contributed by atoms with Gasteiger partial charge in [-0.3, -0.25) is 0 Å². The van der Waals surface area contributed by atoms with E-state index >= 15 is 0 Å². The summed E-state index contributed by atoms with van der Waals surface area (Å²) in [5, 5.41) is 0. The van der Waals surface area contributed by atoms with Crippen LogP contribution >= 0.6 is 0 Å². The van der Waals surface area contributed by atoms with Crippen LogP contribution in [-0.4, -0.2) is 12.1 Å². The summed E-state index contributed by atoms with van der Waals surface area (Å²) in [5.74, 6) is 0.556. The van der Waals surface area contributed by atoms with Crippen molar-refractivity contribution in [3.63, 3.8) is 0 Å². The van der Waals surface area contributed by atoms with E-state index in [0.29, 0.717) is 24.3 Å². The van der Waals surface area contributed by atoms with Crippen LogP contribution in [0.2, 0.25) is 0 Å². The molecule has 0 saturated carbocycles. The molecule has 2 aromatic carbocycles. The summed E-state index contributed by atoms with van der Waals surface area (Å²) in [5.41, 5.74) is 7.91. The van der Waals surface area contributed by atoms with Gasteiger partial charge in [-0.1, -0.05) is 24.3 Å². The van der Waals surface area contributed by atoms with Gasteiger partial charge in [0.1, 0.15) is 22.9 Å². The van der Waals surface area contributed by atoms with E-state index in [1.807, 2.05) is 38.1 Å². The number of nitrogens with zero attached hydrogens (tertiary/aromatic N) is 1. The Morgan fingerprint density at radius 2 is 1.95 bits per heavy atom. The van der Waals surface area contributed by atoms with Crippen molar-refractivity contribution in [2.75, 3.05) is 17.2 Å². The molecule has 0 fully saturated rings. The minimum atomic E-state index is -0.341. The van der Waals surface area contributed by atoms with E-state index in [1.165, 1.54) is 6.07 Å². The highest BCUT2D eigenvalue weighted by Crippen LogP contribution is 2.41. The molecule has 21 heavy (non-hydrogen) atoms. The van der Waals surface area contributed by atoms with Crippen molar-refractivity contribution in [2.45, 2.75) is 26.0 Å². The largest absolute Gasteiger partial charge is 0.484 e. The molecule has 3 nitrogen and oxygen atoms in total. The number of hydrogen-bond acceptors (Lipinski definition) is 3. The van der Waals surface area contributed by atoms with Crippen molar-refractivity contribution >= 4 is 11.4 Å². The molecule has 0 spiro atoms. The average molecular weight is 286 g/mol. The van der Waals surface area contributed by atoms with Gasteiger partial charge in [-0.25, -0.2) is 4.39 Å². The fraction of sp³-hybridized carbons (Fsp3) is 0.294. The van der Waals surface area contributed by atoms with E-state index in [4.69, 9.17) is 10.5 Å². The maximum absolute atomic E-state index is 13.9. The van der Waals surface area contributed by atoms with Crippen LogP contribution in [0.15, 0.2) is 42.5 Å². The number of ether oxygens (including phenoxy) is 1. The standard InChI is InChI=1S/C17H19FN2O/c1-17(2)11-20(10-12-6-3-4-7-13(12)18)16-14(19)8-5-9-15(16)21-17/h3-9H,10-11,19H2,1-2H3. The molecule has 0 aliphatic carbocycles. The molecule has 2 aromatic rings. The SMILES string of the molecule is CC1(C)CN(Cc2ccccc2F)c2c(N)cccc2O1. The van der Waals surface area contributed by atoms with E-state index < -0.39 is 0 Å². The monoisotopic (exact) mass is 286 g/mol. The first kappa shape index (κ1) is 13.7. The third-order valence-electron chi connectivity index (χ3n) is 3.62. The van der Waals surface area contributed by atoms with Crippen LogP contribution < -0.4 is 15.4 Å². The van der Waals surface area contributed by atoms with Crippen LogP contribution in [0.1, 0.15) is 19.4 Å². The topological polar surface area (TPSA) is 38.5 Å². The van der Waals surface area contributed by atoms with Crippen LogP contribution in [0.4, 0.5) is 15.8 Å². The second kappa shape index (κ2) is 4.95. The molecule has 0 atom stereocenters. The molecule has 0 amide bonds. The zero-order valence-corrected chi connectivity index (χ0v) is 12.3. The van der Waals surface area contributed by atoms with Crippen LogP contribution in [0, 0.1) is 5.82 Å². The summed E-state index contributed by atoms with van der Waals surface area (Å²) in [6, 6.07) is 12.4. The van der Waals surface area contributed by atoms with Crippen LogP contribution in [0.3, 0.4) is 0 Å². The molecule has 3 rings (SSSR count). The number of benzene rings is 2. The van der Waals surface area contributed by atoms with Gasteiger partial charge < -0.3 is 15.4 Å². The Morgan fingerprint density at radius 1 is 1.19 bits per heavy atom. The number of nitrogen functional groups attached to an aromatic ring is 1. The maximum atomic E-state index is 13.9. The Bertz CT molecular complexity index is 670. The molecule has 0 radical (unpaired) electrons. The number of halogens is 1. The number of nitrogens with two attached hydrogens (primary N) is 1. The lowest BCUT2D eigenvalue weighted by molar-refractivity contribution is 0.105. The maximum Gasteiger partial charge on any atom is 0.145 e. The predicted octanol–water partition coefficient (Wildman–Crippen LogP) is 3.59. The lowest BCUT2D eigenvalue weighted by Gasteiger charge is -2.41. The quantitative estimate of drug-likeness (QED) is 0.857. The molecular formula is C17H19FN2O. The van der Waals surface area contributed by atoms with Gasteiger partial charge in [0.25, 0.3) is 0 Å². The molecule has 0 aromatic heterocycles. The normalized spacial score (nSPS) is 16.2. The van der Waals surface area contributed by atoms with Crippen molar-refractivity contribution in [1.29, 1.82) is 0 Å². The minimum absolute atomic E-state index is 0.196. The van der Waals surface area contributed by atoms with E-state index in [1.54, 1.807) is 12.1 Å². The Morgan fingerprint density at radius 3 is 2.71 bits per heavy atom. The predicted molar refractivity (Wildman–Crippen MR) is 83.0 cm³/mol. The molecule has 4 heteroatoms. The Balaban J connectivity index is 2.01. The Kier molecular flexibility index (Phi) is 3.24. The lowest BCUT2D eigenvalue weighted by Crippen LogP contribution is -2.46. The van der Waals surface area contributed by atoms with Crippen molar-refractivity contribution in [1.82, 2.24) is 0 Å². The van der Waals surface area contributed by atoms with Crippen molar-refractivity contribution in [2.24, 2.45) is 0 Å². The summed E-state index contributed by atoms with van der Waals surface area (Å²) >= 11 is 0. The van der Waals surface area contributed by atoms with E-state index in [2.05, 4.69) is 4.90 Å². The molecule has 1 aliphatic rings. The zero-order chi connectivity index (χ0) is 15.0. The number of hydrogen-bond donors (Lipinski definition) is 1. The number of anilines is 2. The van der Waals surface area contributed by atoms with Crippen molar-refractivity contribution in [3.05, 3.63) is 53.8 Å². The van der Waals surface area contributed by atoms with Gasteiger partial charge in [0.05, 0.1) is 12.2 Å². The first-order valence-electron chi connectivity index (χ1n) is 7.02.